The van der Waals surface area contributed by atoms with Gasteiger partial charge in [0, 0.05) is 28.4 Å². The molecule has 0 saturated heterocycles. The van der Waals surface area contributed by atoms with Crippen molar-refractivity contribution in [1.82, 2.24) is 20.6 Å². The molecule has 0 aliphatic heterocycles. The van der Waals surface area contributed by atoms with Gasteiger partial charge in [0.1, 0.15) is 28.2 Å². The van der Waals surface area contributed by atoms with Gasteiger partial charge in [0.05, 0.1) is 0 Å². The molecule has 2 unspecified atom stereocenters. The van der Waals surface area contributed by atoms with E-state index < -0.39 is 0 Å². The molecule has 2 aliphatic carbocycles. The lowest BCUT2D eigenvalue weighted by molar-refractivity contribution is 0.301. The van der Waals surface area contributed by atoms with Crippen LogP contribution in [-0.4, -0.2) is 25.7 Å². The predicted octanol–water partition coefficient (Wildman–Crippen LogP) is 3.32. The van der Waals surface area contributed by atoms with Gasteiger partial charge in [-0.2, -0.15) is 5.16 Å². The lowest BCUT2D eigenvalue weighted by Gasteiger charge is -2.29. The molecule has 0 spiro atoms. The van der Waals surface area contributed by atoms with Gasteiger partial charge in [-0.05, 0) is 35.7 Å². The molecule has 0 radical (unpaired) electrons. The maximum absolute atomic E-state index is 12.9. The summed E-state index contributed by atoms with van der Waals surface area (Å²) in [6.45, 7) is 0. The van der Waals surface area contributed by atoms with Crippen LogP contribution in [0, 0.1) is 5.92 Å². The van der Waals surface area contributed by atoms with Crippen LogP contribution in [0.25, 0.3) is 33.5 Å². The fourth-order valence-corrected chi connectivity index (χ4v) is 4.22. The van der Waals surface area contributed by atoms with Crippen molar-refractivity contribution in [2.75, 3.05) is 0 Å². The third kappa shape index (κ3) is 1.88. The molecule has 28 heavy (non-hydrogen) atoms. The standard InChI is InChI=1S/C20H12N4O4/c25-15-7-3-11-9(1-5-13-19(11)23-27-21-13)17(15)18-10-2-6-14-20(24-28-22-14)12(10)4-8-16(18)26/h1-9,11,24-25H. The minimum absolute atomic E-state index is 0.0600. The van der Waals surface area contributed by atoms with Gasteiger partial charge < -0.3 is 5.11 Å². The van der Waals surface area contributed by atoms with Crippen molar-refractivity contribution in [1.29, 1.82) is 0 Å². The van der Waals surface area contributed by atoms with Gasteiger partial charge in [0.2, 0.25) is 0 Å². The van der Waals surface area contributed by atoms with E-state index in [-0.39, 0.29) is 23.0 Å². The molecule has 4 aromatic rings. The SMILES string of the molecule is O=c1ccc2c(ccc3no[nH]c32)c1C1=C(O)C=CC2c3nonc3C=CC12. The summed E-state index contributed by atoms with van der Waals surface area (Å²) in [4.78, 5) is 12.9. The second-order valence-electron chi connectivity index (χ2n) is 6.88. The molecule has 2 N–H and O–H groups in total. The average molecular weight is 372 g/mol. The van der Waals surface area contributed by atoms with Crippen molar-refractivity contribution in [3.63, 3.8) is 0 Å². The smallest absolute Gasteiger partial charge is 0.186 e. The number of nitrogens with zero attached hydrogens (tertiary/aromatic N) is 3. The summed E-state index contributed by atoms with van der Waals surface area (Å²) in [7, 11) is 0. The van der Waals surface area contributed by atoms with Gasteiger partial charge in [-0.3, -0.25) is 9.42 Å². The Labute approximate surface area is 156 Å². The van der Waals surface area contributed by atoms with Gasteiger partial charge in [-0.1, -0.05) is 33.7 Å². The largest absolute Gasteiger partial charge is 0.508 e. The van der Waals surface area contributed by atoms with Gasteiger partial charge in [0.25, 0.3) is 0 Å². The van der Waals surface area contributed by atoms with E-state index >= 15 is 0 Å². The summed E-state index contributed by atoms with van der Waals surface area (Å²) in [5.41, 5.74) is 3.55. The zero-order valence-electron chi connectivity index (χ0n) is 14.3. The first kappa shape index (κ1) is 15.2. The number of nitrogens with one attached hydrogen (secondary N) is 1. The number of allylic oxidation sites excluding steroid dienone is 4. The number of rotatable bonds is 1. The zero-order valence-corrected chi connectivity index (χ0v) is 14.3. The van der Waals surface area contributed by atoms with Gasteiger partial charge in [-0.15, -0.1) is 0 Å². The Bertz CT molecular complexity index is 1420. The summed E-state index contributed by atoms with van der Waals surface area (Å²) in [6.07, 6.45) is 7.20. The van der Waals surface area contributed by atoms with Gasteiger partial charge >= 0.3 is 0 Å². The monoisotopic (exact) mass is 372 g/mol. The third-order valence-electron chi connectivity index (χ3n) is 5.48. The summed E-state index contributed by atoms with van der Waals surface area (Å²) in [6, 6.07) is 6.85. The lowest BCUT2D eigenvalue weighted by atomic mass is 9.73. The Morgan fingerprint density at radius 3 is 2.75 bits per heavy atom. The summed E-state index contributed by atoms with van der Waals surface area (Å²) in [5.74, 6) is -0.368. The van der Waals surface area contributed by atoms with Crippen LogP contribution >= 0.6 is 0 Å². The molecular weight excluding hydrogens is 360 g/mol. The Kier molecular flexibility index (Phi) is 2.86. The highest BCUT2D eigenvalue weighted by atomic mass is 16.6. The van der Waals surface area contributed by atoms with Crippen LogP contribution in [0.5, 0.6) is 0 Å². The number of aromatic amines is 1. The maximum atomic E-state index is 12.9. The Balaban J connectivity index is 1.66. The third-order valence-corrected chi connectivity index (χ3v) is 5.48. The van der Waals surface area contributed by atoms with E-state index in [4.69, 9.17) is 9.26 Å². The number of H-pyrrole nitrogens is 1. The fourth-order valence-electron chi connectivity index (χ4n) is 4.22. The van der Waals surface area contributed by atoms with Crippen LogP contribution in [0.4, 0.5) is 0 Å². The van der Waals surface area contributed by atoms with E-state index in [1.165, 1.54) is 6.07 Å². The lowest BCUT2D eigenvalue weighted by Crippen LogP contribution is -2.22. The number of hydrogen-bond donors (Lipinski definition) is 2. The normalized spacial score (nSPS) is 20.7. The minimum Gasteiger partial charge on any atom is -0.508 e. The molecule has 2 aromatic heterocycles. The molecule has 2 aromatic carbocycles. The molecule has 0 amide bonds. The first-order valence-corrected chi connectivity index (χ1v) is 8.74. The quantitative estimate of drug-likeness (QED) is 0.526. The van der Waals surface area contributed by atoms with E-state index in [1.807, 2.05) is 18.2 Å². The summed E-state index contributed by atoms with van der Waals surface area (Å²) >= 11 is 0. The van der Waals surface area contributed by atoms with E-state index in [2.05, 4.69) is 20.6 Å². The molecule has 0 bridgehead atoms. The topological polar surface area (TPSA) is 118 Å². The maximum Gasteiger partial charge on any atom is 0.186 e. The van der Waals surface area contributed by atoms with E-state index in [0.29, 0.717) is 38.9 Å². The molecule has 136 valence electrons. The highest BCUT2D eigenvalue weighted by molar-refractivity contribution is 6.08. The molecule has 2 atom stereocenters. The molecule has 2 aliphatic rings. The number of aromatic nitrogens is 4. The second kappa shape index (κ2) is 5.29. The van der Waals surface area contributed by atoms with Crippen LogP contribution in [0.2, 0.25) is 0 Å². The predicted molar refractivity (Wildman–Crippen MR) is 100 cm³/mol. The van der Waals surface area contributed by atoms with Crippen molar-refractivity contribution >= 4 is 33.5 Å². The molecule has 0 fully saturated rings. The average Bonchev–Trinajstić information content (AvgIpc) is 3.37. The molecular formula is C20H12N4O4. The number of fused-ring (bicyclic) bond motifs is 6. The van der Waals surface area contributed by atoms with Crippen molar-refractivity contribution in [2.24, 2.45) is 5.92 Å². The number of aliphatic hydroxyl groups excluding tert-OH is 1. The van der Waals surface area contributed by atoms with Crippen molar-refractivity contribution < 1.29 is 14.4 Å². The van der Waals surface area contributed by atoms with Crippen LogP contribution in [0.15, 0.2) is 62.3 Å². The van der Waals surface area contributed by atoms with Crippen molar-refractivity contribution in [3.8, 4) is 0 Å². The Morgan fingerprint density at radius 1 is 0.964 bits per heavy atom. The second-order valence-corrected chi connectivity index (χ2v) is 6.88. The summed E-state index contributed by atoms with van der Waals surface area (Å²) < 4.78 is 9.83. The van der Waals surface area contributed by atoms with Crippen molar-refractivity contribution in [3.05, 3.63) is 75.4 Å². The van der Waals surface area contributed by atoms with E-state index in [1.54, 1.807) is 24.3 Å². The number of hydrogen-bond acceptors (Lipinski definition) is 7. The number of aliphatic hydroxyl groups is 1. The summed E-state index contributed by atoms with van der Waals surface area (Å²) in [5, 5.41) is 26.8. The van der Waals surface area contributed by atoms with E-state index in [0.717, 1.165) is 5.39 Å². The first-order valence-electron chi connectivity index (χ1n) is 8.74. The van der Waals surface area contributed by atoms with Crippen molar-refractivity contribution in [2.45, 2.75) is 5.92 Å². The van der Waals surface area contributed by atoms with Gasteiger partial charge in [0.15, 0.2) is 5.43 Å². The molecule has 8 nitrogen and oxygen atoms in total. The highest BCUT2D eigenvalue weighted by Gasteiger charge is 2.36. The van der Waals surface area contributed by atoms with Crippen LogP contribution in [0.1, 0.15) is 22.9 Å². The Hall–Kier alpha value is -3.94. The van der Waals surface area contributed by atoms with Crippen LogP contribution in [0.3, 0.4) is 0 Å². The fraction of sp³-hybridized carbons (Fsp3) is 0.100. The van der Waals surface area contributed by atoms with Crippen LogP contribution in [-0.2, 0) is 0 Å². The zero-order chi connectivity index (χ0) is 18.8. The first-order chi connectivity index (χ1) is 13.7. The minimum atomic E-state index is -0.259. The highest BCUT2D eigenvalue weighted by Crippen LogP contribution is 2.45. The molecule has 6 rings (SSSR count). The Morgan fingerprint density at radius 2 is 1.82 bits per heavy atom. The molecule has 2 heterocycles. The van der Waals surface area contributed by atoms with E-state index in [9.17, 15) is 9.90 Å². The molecule has 0 saturated carbocycles. The number of benzene rings is 2. The molecule has 8 heteroatoms. The van der Waals surface area contributed by atoms with Crippen LogP contribution < -0.4 is 5.43 Å². The van der Waals surface area contributed by atoms with Gasteiger partial charge in [-0.25, -0.2) is 4.63 Å².